The van der Waals surface area contributed by atoms with E-state index in [2.05, 4.69) is 33.2 Å². The molecule has 0 atom stereocenters. The number of nitrogens with one attached hydrogen (secondary N) is 1. The van der Waals surface area contributed by atoms with Gasteiger partial charge in [0.2, 0.25) is 5.88 Å². The zero-order valence-electron chi connectivity index (χ0n) is 12.6. The van der Waals surface area contributed by atoms with Gasteiger partial charge in [0.1, 0.15) is 12.0 Å². The fraction of sp³-hybridized carbons (Fsp3) is 0.222. The van der Waals surface area contributed by atoms with Crippen LogP contribution in [0.15, 0.2) is 55.0 Å². The van der Waals surface area contributed by atoms with Crippen LogP contribution >= 0.6 is 0 Å². The number of hydrogen-bond acceptors (Lipinski definition) is 3. The van der Waals surface area contributed by atoms with E-state index in [0.29, 0.717) is 12.5 Å². The lowest BCUT2D eigenvalue weighted by Gasteiger charge is -2.07. The molecule has 4 nitrogen and oxygen atoms in total. The Morgan fingerprint density at radius 3 is 2.86 bits per heavy atom. The van der Waals surface area contributed by atoms with Gasteiger partial charge in [0.15, 0.2) is 0 Å². The lowest BCUT2D eigenvalue weighted by Crippen LogP contribution is -2.03. The number of ether oxygens (including phenoxy) is 1. The Bertz CT molecular complexity index is 762. The summed E-state index contributed by atoms with van der Waals surface area (Å²) < 4.78 is 5.91. The minimum atomic E-state index is 0.602. The molecule has 0 radical (unpaired) electrons. The number of nitrogens with zero attached hydrogens (tertiary/aromatic N) is 2. The van der Waals surface area contributed by atoms with Gasteiger partial charge in [-0.2, -0.15) is 0 Å². The Kier molecular flexibility index (Phi) is 4.49. The third-order valence-corrected chi connectivity index (χ3v) is 3.56. The number of allylic oxidation sites excluding steroid dienone is 2. The predicted molar refractivity (Wildman–Crippen MR) is 88.0 cm³/mol. The summed E-state index contributed by atoms with van der Waals surface area (Å²) in [5, 5.41) is 0.980. The molecule has 0 amide bonds. The van der Waals surface area contributed by atoms with Crippen molar-refractivity contribution in [2.24, 2.45) is 0 Å². The summed E-state index contributed by atoms with van der Waals surface area (Å²) in [7, 11) is 0. The number of hydrogen-bond donors (Lipinski definition) is 1. The fourth-order valence-electron chi connectivity index (χ4n) is 2.42. The quantitative estimate of drug-likeness (QED) is 0.705. The van der Waals surface area contributed by atoms with Crippen molar-refractivity contribution in [1.29, 1.82) is 0 Å². The molecule has 2 aromatic heterocycles. The van der Waals surface area contributed by atoms with E-state index in [1.807, 2.05) is 37.4 Å². The first-order chi connectivity index (χ1) is 10.9. The second-order valence-electron chi connectivity index (χ2n) is 5.07. The lowest BCUT2D eigenvalue weighted by molar-refractivity contribution is 0.313. The molecule has 0 aliphatic rings. The first-order valence-corrected chi connectivity index (χ1v) is 7.47. The highest BCUT2D eigenvalue weighted by molar-refractivity contribution is 5.84. The van der Waals surface area contributed by atoms with Crippen LogP contribution in [0.1, 0.15) is 18.1 Å². The van der Waals surface area contributed by atoms with Crippen LogP contribution in [0.2, 0.25) is 0 Å². The van der Waals surface area contributed by atoms with Crippen molar-refractivity contribution in [1.82, 2.24) is 15.0 Å². The molecule has 0 spiro atoms. The molecular weight excluding hydrogens is 274 g/mol. The number of fused-ring (bicyclic) bond motifs is 1. The zero-order valence-corrected chi connectivity index (χ0v) is 12.6. The molecule has 3 aromatic rings. The Hall–Kier alpha value is -2.62. The highest BCUT2D eigenvalue weighted by atomic mass is 16.5. The molecule has 0 saturated carbocycles. The van der Waals surface area contributed by atoms with Crippen LogP contribution < -0.4 is 4.74 Å². The highest BCUT2D eigenvalue weighted by Gasteiger charge is 2.11. The summed E-state index contributed by atoms with van der Waals surface area (Å²) in [6, 6.07) is 10.3. The fourth-order valence-corrected chi connectivity index (χ4v) is 2.42. The maximum Gasteiger partial charge on any atom is 0.226 e. The molecule has 0 bridgehead atoms. The van der Waals surface area contributed by atoms with Gasteiger partial charge < -0.3 is 9.72 Å². The van der Waals surface area contributed by atoms with Crippen LogP contribution in [-0.2, 0) is 12.8 Å². The maximum atomic E-state index is 5.91. The number of benzene rings is 1. The molecule has 1 aromatic carbocycles. The van der Waals surface area contributed by atoms with Crippen LogP contribution in [-0.4, -0.2) is 21.6 Å². The summed E-state index contributed by atoms with van der Waals surface area (Å²) in [4.78, 5) is 11.7. The van der Waals surface area contributed by atoms with Crippen molar-refractivity contribution in [3.63, 3.8) is 0 Å². The summed E-state index contributed by atoms with van der Waals surface area (Å²) in [6.07, 6.45) is 9.38. The Labute approximate surface area is 129 Å². The van der Waals surface area contributed by atoms with Crippen molar-refractivity contribution in [2.45, 2.75) is 19.8 Å². The molecule has 0 saturated heterocycles. The molecule has 0 unspecified atom stereocenters. The molecular formula is C18H19N3O. The normalized spacial score (nSPS) is 11.3. The van der Waals surface area contributed by atoms with Crippen LogP contribution in [0.4, 0.5) is 0 Å². The average Bonchev–Trinajstić information content (AvgIpc) is 2.98. The smallest absolute Gasteiger partial charge is 0.226 e. The predicted octanol–water partition coefficient (Wildman–Crippen LogP) is 3.70. The van der Waals surface area contributed by atoms with Gasteiger partial charge in [-0.05, 0) is 24.5 Å². The van der Waals surface area contributed by atoms with Gasteiger partial charge in [-0.15, -0.1) is 0 Å². The number of aromatic nitrogens is 3. The largest absolute Gasteiger partial charge is 0.477 e. The SMILES string of the molecule is C/C=C/Cc1c[nH]c2ncnc(OCCc3ccccc3)c12. The van der Waals surface area contributed by atoms with E-state index < -0.39 is 0 Å². The minimum Gasteiger partial charge on any atom is -0.477 e. The van der Waals surface area contributed by atoms with Crippen molar-refractivity contribution in [3.05, 3.63) is 66.1 Å². The van der Waals surface area contributed by atoms with Crippen LogP contribution in [0.5, 0.6) is 5.88 Å². The summed E-state index contributed by atoms with van der Waals surface area (Å²) in [5.41, 5.74) is 3.24. The molecule has 4 heteroatoms. The van der Waals surface area contributed by atoms with E-state index in [1.165, 1.54) is 11.9 Å². The topological polar surface area (TPSA) is 50.8 Å². The van der Waals surface area contributed by atoms with Crippen LogP contribution in [0.3, 0.4) is 0 Å². The highest BCUT2D eigenvalue weighted by Crippen LogP contribution is 2.25. The minimum absolute atomic E-state index is 0.602. The van der Waals surface area contributed by atoms with E-state index in [-0.39, 0.29) is 0 Å². The Balaban J connectivity index is 1.76. The number of rotatable bonds is 6. The molecule has 0 aliphatic heterocycles. The number of H-pyrrole nitrogens is 1. The second kappa shape index (κ2) is 6.89. The van der Waals surface area contributed by atoms with E-state index >= 15 is 0 Å². The van der Waals surface area contributed by atoms with Gasteiger partial charge in [-0.3, -0.25) is 0 Å². The van der Waals surface area contributed by atoms with E-state index in [4.69, 9.17) is 4.74 Å². The molecule has 0 fully saturated rings. The van der Waals surface area contributed by atoms with Gasteiger partial charge in [0, 0.05) is 12.6 Å². The van der Waals surface area contributed by atoms with E-state index in [0.717, 1.165) is 29.4 Å². The molecule has 0 aliphatic carbocycles. The first kappa shape index (κ1) is 14.3. The Morgan fingerprint density at radius 1 is 1.18 bits per heavy atom. The third kappa shape index (κ3) is 3.17. The molecule has 1 N–H and O–H groups in total. The molecule has 22 heavy (non-hydrogen) atoms. The van der Waals surface area contributed by atoms with Crippen molar-refractivity contribution >= 4 is 11.0 Å². The first-order valence-electron chi connectivity index (χ1n) is 7.47. The summed E-state index contributed by atoms with van der Waals surface area (Å²) >= 11 is 0. The molecule has 2 heterocycles. The van der Waals surface area contributed by atoms with Gasteiger partial charge in [0.25, 0.3) is 0 Å². The standard InChI is InChI=1S/C18H19N3O/c1-2-3-9-15-12-19-17-16(15)18(21-13-20-17)22-11-10-14-7-5-4-6-8-14/h2-8,12-13H,9-11H2,1H3,(H,19,20,21)/b3-2+. The number of aromatic amines is 1. The molecule has 3 rings (SSSR count). The molecule has 112 valence electrons. The van der Waals surface area contributed by atoms with E-state index in [9.17, 15) is 0 Å². The van der Waals surface area contributed by atoms with E-state index in [1.54, 1.807) is 0 Å². The second-order valence-corrected chi connectivity index (χ2v) is 5.07. The van der Waals surface area contributed by atoms with Crippen molar-refractivity contribution in [3.8, 4) is 5.88 Å². The van der Waals surface area contributed by atoms with Crippen molar-refractivity contribution < 1.29 is 4.74 Å². The van der Waals surface area contributed by atoms with Gasteiger partial charge in [-0.25, -0.2) is 9.97 Å². The monoisotopic (exact) mass is 293 g/mol. The average molecular weight is 293 g/mol. The summed E-state index contributed by atoms with van der Waals surface area (Å²) in [5.74, 6) is 0.654. The third-order valence-electron chi connectivity index (χ3n) is 3.56. The van der Waals surface area contributed by atoms with Gasteiger partial charge in [0.05, 0.1) is 12.0 Å². The summed E-state index contributed by atoms with van der Waals surface area (Å²) in [6.45, 7) is 2.62. The lowest BCUT2D eigenvalue weighted by atomic mass is 10.1. The van der Waals surface area contributed by atoms with Gasteiger partial charge >= 0.3 is 0 Å². The van der Waals surface area contributed by atoms with Crippen LogP contribution in [0.25, 0.3) is 11.0 Å². The van der Waals surface area contributed by atoms with Crippen LogP contribution in [0, 0.1) is 0 Å². The van der Waals surface area contributed by atoms with Crippen molar-refractivity contribution in [2.75, 3.05) is 6.61 Å². The Morgan fingerprint density at radius 2 is 2.05 bits per heavy atom. The maximum absolute atomic E-state index is 5.91. The zero-order chi connectivity index (χ0) is 15.2. The van der Waals surface area contributed by atoms with Gasteiger partial charge in [-0.1, -0.05) is 42.5 Å².